The molecule has 0 unspecified atom stereocenters. The number of aromatic nitrogens is 1. The number of amides is 3. The van der Waals surface area contributed by atoms with Crippen LogP contribution in [-0.4, -0.2) is 40.3 Å². The highest BCUT2D eigenvalue weighted by atomic mass is 16.5. The molecular formula is C23H26N4O4. The number of benzene rings is 1. The second-order valence-corrected chi connectivity index (χ2v) is 8.37. The molecule has 3 atom stereocenters. The zero-order valence-corrected chi connectivity index (χ0v) is 17.6. The van der Waals surface area contributed by atoms with Gasteiger partial charge >= 0.3 is 11.8 Å². The van der Waals surface area contributed by atoms with Crippen molar-refractivity contribution in [3.8, 4) is 5.75 Å². The molecule has 0 aliphatic carbocycles. The Hall–Kier alpha value is -3.42. The van der Waals surface area contributed by atoms with E-state index in [-0.39, 0.29) is 29.4 Å². The van der Waals surface area contributed by atoms with Crippen LogP contribution in [0.3, 0.4) is 0 Å². The zero-order chi connectivity index (χ0) is 22.1. The maximum Gasteiger partial charge on any atom is 0.315 e. The van der Waals surface area contributed by atoms with Gasteiger partial charge in [-0.05, 0) is 61.1 Å². The molecule has 31 heavy (non-hydrogen) atoms. The predicted molar refractivity (Wildman–Crippen MR) is 114 cm³/mol. The third-order valence-corrected chi connectivity index (χ3v) is 5.88. The van der Waals surface area contributed by atoms with Gasteiger partial charge in [-0.1, -0.05) is 13.0 Å². The summed E-state index contributed by atoms with van der Waals surface area (Å²) >= 11 is 0. The van der Waals surface area contributed by atoms with Crippen molar-refractivity contribution in [3.05, 3.63) is 53.2 Å². The number of fused-ring (bicyclic) bond motifs is 1. The predicted octanol–water partition coefficient (Wildman–Crippen LogP) is 2.44. The van der Waals surface area contributed by atoms with Crippen LogP contribution in [-0.2, 0) is 16.0 Å². The number of nitrogens with one attached hydrogen (secondary N) is 1. The van der Waals surface area contributed by atoms with E-state index >= 15 is 0 Å². The minimum absolute atomic E-state index is 0.0152. The Labute approximate surface area is 180 Å². The number of rotatable bonds is 3. The number of piperidine rings is 1. The number of primary amides is 1. The topological polar surface area (TPSA) is 115 Å². The van der Waals surface area contributed by atoms with Gasteiger partial charge in [0.25, 0.3) is 5.91 Å². The fourth-order valence-electron chi connectivity index (χ4n) is 4.37. The van der Waals surface area contributed by atoms with Crippen LogP contribution in [0.2, 0.25) is 0 Å². The molecule has 3 N–H and O–H groups in total. The molecule has 0 radical (unpaired) electrons. The van der Waals surface area contributed by atoms with E-state index in [9.17, 15) is 14.4 Å². The number of nitrogens with zero attached hydrogens (tertiary/aromatic N) is 2. The van der Waals surface area contributed by atoms with E-state index in [1.807, 2.05) is 19.1 Å². The smallest absolute Gasteiger partial charge is 0.315 e. The molecule has 2 aliphatic rings. The first-order valence-electron chi connectivity index (χ1n) is 10.5. The van der Waals surface area contributed by atoms with Gasteiger partial charge in [-0.2, -0.15) is 0 Å². The summed E-state index contributed by atoms with van der Waals surface area (Å²) in [5.41, 5.74) is 7.52. The molecule has 0 spiro atoms. The van der Waals surface area contributed by atoms with E-state index in [0.717, 1.165) is 36.1 Å². The van der Waals surface area contributed by atoms with Crippen molar-refractivity contribution in [1.82, 2.24) is 9.88 Å². The summed E-state index contributed by atoms with van der Waals surface area (Å²) in [6, 6.07) is 8.80. The second kappa shape index (κ2) is 8.37. The lowest BCUT2D eigenvalue weighted by Gasteiger charge is -2.38. The summed E-state index contributed by atoms with van der Waals surface area (Å²) in [5.74, 6) is -1.07. The quantitative estimate of drug-likeness (QED) is 0.738. The number of anilines is 1. The molecule has 162 valence electrons. The Kier molecular flexibility index (Phi) is 5.63. The molecule has 1 saturated heterocycles. The summed E-state index contributed by atoms with van der Waals surface area (Å²) in [7, 11) is 0. The van der Waals surface area contributed by atoms with Gasteiger partial charge < -0.3 is 20.7 Å². The van der Waals surface area contributed by atoms with Gasteiger partial charge in [0, 0.05) is 19.2 Å². The van der Waals surface area contributed by atoms with E-state index in [0.29, 0.717) is 6.54 Å². The van der Waals surface area contributed by atoms with E-state index in [2.05, 4.69) is 23.3 Å². The lowest BCUT2D eigenvalue weighted by atomic mass is 9.89. The first-order valence-corrected chi connectivity index (χ1v) is 10.5. The van der Waals surface area contributed by atoms with Gasteiger partial charge in [0.05, 0.1) is 11.6 Å². The molecule has 1 aromatic heterocycles. The molecule has 8 heteroatoms. The summed E-state index contributed by atoms with van der Waals surface area (Å²) in [5, 5.41) is 2.46. The van der Waals surface area contributed by atoms with Crippen LogP contribution in [0.25, 0.3) is 0 Å². The van der Waals surface area contributed by atoms with Crippen LogP contribution in [0.4, 0.5) is 5.82 Å². The number of carbonyl (C=O) groups is 3. The maximum atomic E-state index is 13.1. The fourth-order valence-corrected chi connectivity index (χ4v) is 4.37. The van der Waals surface area contributed by atoms with Gasteiger partial charge in [-0.15, -0.1) is 0 Å². The molecule has 2 aromatic rings. The number of nitrogens with two attached hydrogens (primary N) is 1. The van der Waals surface area contributed by atoms with Crippen LogP contribution in [0.15, 0.2) is 36.5 Å². The number of carbonyl (C=O) groups excluding carboxylic acids is 3. The van der Waals surface area contributed by atoms with Crippen LogP contribution < -0.4 is 15.8 Å². The van der Waals surface area contributed by atoms with E-state index < -0.39 is 17.7 Å². The highest BCUT2D eigenvalue weighted by molar-refractivity contribution is 6.39. The SMILES string of the molecule is C[C@@H]1CC[C@@H](c2ccc3c(c2)C[C@H](C)O3)N(C(=O)C(=O)Nc2ncccc2C(N)=O)C1. The van der Waals surface area contributed by atoms with Crippen molar-refractivity contribution < 1.29 is 19.1 Å². The molecule has 2 aliphatic heterocycles. The first-order chi connectivity index (χ1) is 14.8. The van der Waals surface area contributed by atoms with Crippen molar-refractivity contribution >= 4 is 23.5 Å². The molecule has 4 rings (SSSR count). The minimum atomic E-state index is -0.835. The van der Waals surface area contributed by atoms with E-state index in [1.54, 1.807) is 11.0 Å². The Morgan fingerprint density at radius 3 is 2.77 bits per heavy atom. The zero-order valence-electron chi connectivity index (χ0n) is 17.6. The number of likely N-dealkylation sites (tertiary alicyclic amines) is 1. The van der Waals surface area contributed by atoms with Crippen molar-refractivity contribution in [2.24, 2.45) is 11.7 Å². The lowest BCUT2D eigenvalue weighted by Crippen LogP contribution is -2.46. The van der Waals surface area contributed by atoms with Gasteiger partial charge in [0.2, 0.25) is 0 Å². The molecule has 0 bridgehead atoms. The second-order valence-electron chi connectivity index (χ2n) is 8.37. The third-order valence-electron chi connectivity index (χ3n) is 5.88. The third kappa shape index (κ3) is 4.23. The fraction of sp³-hybridized carbons (Fsp3) is 0.391. The lowest BCUT2D eigenvalue weighted by molar-refractivity contribution is -0.146. The number of hydrogen-bond donors (Lipinski definition) is 2. The average Bonchev–Trinajstić information content (AvgIpc) is 3.12. The summed E-state index contributed by atoms with van der Waals surface area (Å²) in [4.78, 5) is 43.1. The molecule has 8 nitrogen and oxygen atoms in total. The normalized spacial score (nSPS) is 22.4. The van der Waals surface area contributed by atoms with Crippen molar-refractivity contribution in [2.75, 3.05) is 11.9 Å². The Morgan fingerprint density at radius 1 is 1.19 bits per heavy atom. The summed E-state index contributed by atoms with van der Waals surface area (Å²) < 4.78 is 5.79. The molecule has 3 heterocycles. The van der Waals surface area contributed by atoms with Gasteiger partial charge in [0.1, 0.15) is 17.7 Å². The number of hydrogen-bond acceptors (Lipinski definition) is 5. The highest BCUT2D eigenvalue weighted by Gasteiger charge is 2.35. The molecule has 1 fully saturated rings. The Bertz CT molecular complexity index is 1040. The van der Waals surface area contributed by atoms with Crippen LogP contribution in [0, 0.1) is 5.92 Å². The number of pyridine rings is 1. The monoisotopic (exact) mass is 422 g/mol. The summed E-state index contributed by atoms with van der Waals surface area (Å²) in [6.07, 6.45) is 4.12. The number of ether oxygens (including phenoxy) is 1. The van der Waals surface area contributed by atoms with E-state index in [1.165, 1.54) is 12.3 Å². The van der Waals surface area contributed by atoms with Crippen LogP contribution in [0.5, 0.6) is 5.75 Å². The van der Waals surface area contributed by atoms with E-state index in [4.69, 9.17) is 10.5 Å². The first kappa shape index (κ1) is 20.8. The molecule has 3 amide bonds. The maximum absolute atomic E-state index is 13.1. The van der Waals surface area contributed by atoms with Crippen molar-refractivity contribution in [3.63, 3.8) is 0 Å². The summed E-state index contributed by atoms with van der Waals surface area (Å²) in [6.45, 7) is 4.57. The van der Waals surface area contributed by atoms with Gasteiger partial charge in [0.15, 0.2) is 0 Å². The minimum Gasteiger partial charge on any atom is -0.490 e. The van der Waals surface area contributed by atoms with Crippen molar-refractivity contribution in [2.45, 2.75) is 45.3 Å². The Morgan fingerprint density at radius 2 is 2.00 bits per heavy atom. The van der Waals surface area contributed by atoms with Crippen molar-refractivity contribution in [1.29, 1.82) is 0 Å². The standard InChI is InChI=1S/C23H26N4O4/c1-13-5-7-18(15-6-8-19-16(11-15)10-14(2)31-19)27(12-13)23(30)22(29)26-21-17(20(24)28)4-3-9-25-21/h3-4,6,8-9,11,13-14,18H,5,7,10,12H2,1-2H3,(H2,24,28)(H,25,26,29)/t13-,14+,18+/m1/s1. The highest BCUT2D eigenvalue weighted by Crippen LogP contribution is 2.37. The average molecular weight is 422 g/mol. The Balaban J connectivity index is 1.57. The van der Waals surface area contributed by atoms with Crippen LogP contribution >= 0.6 is 0 Å². The molecule has 0 saturated carbocycles. The van der Waals surface area contributed by atoms with Crippen LogP contribution in [0.1, 0.15) is 54.2 Å². The largest absolute Gasteiger partial charge is 0.490 e. The molecular weight excluding hydrogens is 396 g/mol. The van der Waals surface area contributed by atoms with Gasteiger partial charge in [-0.3, -0.25) is 14.4 Å². The molecule has 1 aromatic carbocycles. The van der Waals surface area contributed by atoms with Gasteiger partial charge in [-0.25, -0.2) is 4.98 Å².